The van der Waals surface area contributed by atoms with Crippen molar-refractivity contribution in [1.29, 1.82) is 0 Å². The second-order valence-electron chi connectivity index (χ2n) is 7.63. The Bertz CT molecular complexity index is 985. The zero-order valence-corrected chi connectivity index (χ0v) is 19.0. The molecule has 6 nitrogen and oxygen atoms in total. The Morgan fingerprint density at radius 3 is 2.20 bits per heavy atom. The van der Waals surface area contributed by atoms with Crippen molar-refractivity contribution >= 4 is 27.3 Å². The number of carbonyl (C=O) groups is 1. The lowest BCUT2D eigenvalue weighted by Crippen LogP contribution is -2.45. The summed E-state index contributed by atoms with van der Waals surface area (Å²) in [5, 5.41) is 2.94. The Kier molecular flexibility index (Phi) is 7.52. The van der Waals surface area contributed by atoms with Gasteiger partial charge in [-0.2, -0.15) is 0 Å². The highest BCUT2D eigenvalue weighted by atomic mass is 35.5. The number of halogens is 1. The molecule has 30 heavy (non-hydrogen) atoms. The van der Waals surface area contributed by atoms with Crippen molar-refractivity contribution in [3.05, 3.63) is 64.2 Å². The third-order valence-corrected chi connectivity index (χ3v) is 6.97. The van der Waals surface area contributed by atoms with Crippen LogP contribution in [0.4, 0.5) is 0 Å². The van der Waals surface area contributed by atoms with E-state index in [0.29, 0.717) is 6.54 Å². The van der Waals surface area contributed by atoms with Gasteiger partial charge in [0.2, 0.25) is 0 Å². The monoisotopic (exact) mass is 449 g/mol. The molecule has 1 N–H and O–H groups in total. The lowest BCUT2D eigenvalue weighted by molar-refractivity contribution is 0.0950. The maximum absolute atomic E-state index is 12.4. The van der Waals surface area contributed by atoms with Crippen LogP contribution in [0.3, 0.4) is 0 Å². The standard InChI is InChI=1S/C22H28ClN3O3S/c1-3-25-10-12-26(13-11-25)16-18-6-4-17(5-7-18)15-24-22(27)19-8-9-20(23)21(14-19)30(2,28)29/h4-9,14H,3,10-13,15-16H2,1-2H3,(H,24,27). The molecule has 0 aromatic heterocycles. The molecule has 0 spiro atoms. The van der Waals surface area contributed by atoms with E-state index in [1.165, 1.54) is 23.8 Å². The summed E-state index contributed by atoms with van der Waals surface area (Å²) >= 11 is 5.94. The van der Waals surface area contributed by atoms with E-state index >= 15 is 0 Å². The summed E-state index contributed by atoms with van der Waals surface area (Å²) in [5.74, 6) is -0.338. The van der Waals surface area contributed by atoms with Crippen molar-refractivity contribution in [2.45, 2.75) is 24.9 Å². The Balaban J connectivity index is 1.54. The molecule has 8 heteroatoms. The first-order chi connectivity index (χ1) is 14.3. The lowest BCUT2D eigenvalue weighted by Gasteiger charge is -2.34. The maximum Gasteiger partial charge on any atom is 0.251 e. The van der Waals surface area contributed by atoms with Gasteiger partial charge in [-0.05, 0) is 35.9 Å². The number of benzene rings is 2. The van der Waals surface area contributed by atoms with Gasteiger partial charge in [-0.3, -0.25) is 9.69 Å². The molecular weight excluding hydrogens is 422 g/mol. The zero-order valence-electron chi connectivity index (χ0n) is 17.4. The quantitative estimate of drug-likeness (QED) is 0.703. The Labute approximate surface area is 183 Å². The first-order valence-corrected chi connectivity index (χ1v) is 12.3. The van der Waals surface area contributed by atoms with Crippen LogP contribution in [0.5, 0.6) is 0 Å². The predicted octanol–water partition coefficient (Wildman–Crippen LogP) is 2.81. The van der Waals surface area contributed by atoms with Crippen LogP contribution in [0.15, 0.2) is 47.4 Å². The summed E-state index contributed by atoms with van der Waals surface area (Å²) in [6.07, 6.45) is 1.07. The van der Waals surface area contributed by atoms with Gasteiger partial charge in [-0.15, -0.1) is 0 Å². The van der Waals surface area contributed by atoms with Crippen molar-refractivity contribution in [3.8, 4) is 0 Å². The van der Waals surface area contributed by atoms with Crippen LogP contribution in [0, 0.1) is 0 Å². The summed E-state index contributed by atoms with van der Waals surface area (Å²) in [7, 11) is -3.50. The van der Waals surface area contributed by atoms with E-state index in [-0.39, 0.29) is 21.4 Å². The number of rotatable bonds is 7. The molecule has 0 radical (unpaired) electrons. The molecule has 0 unspecified atom stereocenters. The number of nitrogens with one attached hydrogen (secondary N) is 1. The molecule has 162 valence electrons. The van der Waals surface area contributed by atoms with E-state index in [2.05, 4.69) is 34.2 Å². The number of nitrogens with zero attached hydrogens (tertiary/aromatic N) is 2. The minimum absolute atomic E-state index is 0.0408. The topological polar surface area (TPSA) is 69.7 Å². The number of piperazine rings is 1. The van der Waals surface area contributed by atoms with Crippen LogP contribution in [-0.4, -0.2) is 63.1 Å². The molecule has 1 aliphatic rings. The highest BCUT2D eigenvalue weighted by Gasteiger charge is 2.17. The SMILES string of the molecule is CCN1CCN(Cc2ccc(CNC(=O)c3ccc(Cl)c(S(C)(=O)=O)c3)cc2)CC1. The summed E-state index contributed by atoms with van der Waals surface area (Å²) in [6, 6.07) is 12.5. The van der Waals surface area contributed by atoms with E-state index in [0.717, 1.165) is 51.1 Å². The number of sulfone groups is 1. The van der Waals surface area contributed by atoms with E-state index in [4.69, 9.17) is 11.6 Å². The zero-order chi connectivity index (χ0) is 21.7. The van der Waals surface area contributed by atoms with Crippen molar-refractivity contribution in [2.24, 2.45) is 0 Å². The van der Waals surface area contributed by atoms with Gasteiger partial charge in [0.1, 0.15) is 0 Å². The summed E-state index contributed by atoms with van der Waals surface area (Å²) in [6.45, 7) is 9.02. The minimum atomic E-state index is -3.50. The Morgan fingerprint density at radius 1 is 1.00 bits per heavy atom. The molecule has 2 aromatic carbocycles. The normalized spacial score (nSPS) is 15.8. The van der Waals surface area contributed by atoms with Crippen LogP contribution in [0.2, 0.25) is 5.02 Å². The number of carbonyl (C=O) groups excluding carboxylic acids is 1. The second-order valence-corrected chi connectivity index (χ2v) is 10.0. The highest BCUT2D eigenvalue weighted by Crippen LogP contribution is 2.22. The fourth-order valence-corrected chi connectivity index (χ4v) is 4.80. The molecule has 0 aliphatic carbocycles. The highest BCUT2D eigenvalue weighted by molar-refractivity contribution is 7.90. The fourth-order valence-electron chi connectivity index (χ4n) is 3.50. The molecule has 1 heterocycles. The van der Waals surface area contributed by atoms with E-state index in [1.54, 1.807) is 0 Å². The molecule has 2 aromatic rings. The average molecular weight is 450 g/mol. The number of hydrogen-bond acceptors (Lipinski definition) is 5. The molecule has 1 fully saturated rings. The van der Waals surface area contributed by atoms with Crippen molar-refractivity contribution in [3.63, 3.8) is 0 Å². The molecule has 0 saturated carbocycles. The van der Waals surface area contributed by atoms with Crippen molar-refractivity contribution in [2.75, 3.05) is 39.0 Å². The Hall–Kier alpha value is -1.93. The first-order valence-electron chi connectivity index (χ1n) is 10.1. The lowest BCUT2D eigenvalue weighted by atomic mass is 10.1. The van der Waals surface area contributed by atoms with Gasteiger partial charge in [0, 0.05) is 51.1 Å². The molecule has 1 amide bonds. The number of likely N-dealkylation sites (N-methyl/N-ethyl adjacent to an activating group) is 1. The van der Waals surface area contributed by atoms with Gasteiger partial charge in [0.15, 0.2) is 9.84 Å². The fraction of sp³-hybridized carbons (Fsp3) is 0.409. The van der Waals surface area contributed by atoms with Crippen LogP contribution >= 0.6 is 11.6 Å². The third kappa shape index (κ3) is 6.04. The Morgan fingerprint density at radius 2 is 1.60 bits per heavy atom. The van der Waals surface area contributed by atoms with E-state index in [9.17, 15) is 13.2 Å². The number of amides is 1. The van der Waals surface area contributed by atoms with E-state index < -0.39 is 9.84 Å². The molecule has 3 rings (SSSR count). The van der Waals surface area contributed by atoms with Crippen LogP contribution in [-0.2, 0) is 22.9 Å². The van der Waals surface area contributed by atoms with Crippen LogP contribution in [0.1, 0.15) is 28.4 Å². The molecule has 1 aliphatic heterocycles. The third-order valence-electron chi connectivity index (χ3n) is 5.39. The van der Waals surface area contributed by atoms with E-state index in [1.807, 2.05) is 12.1 Å². The summed E-state index contributed by atoms with van der Waals surface area (Å²) in [5.41, 5.74) is 2.51. The number of hydrogen-bond donors (Lipinski definition) is 1. The summed E-state index contributed by atoms with van der Waals surface area (Å²) in [4.78, 5) is 17.3. The minimum Gasteiger partial charge on any atom is -0.348 e. The maximum atomic E-state index is 12.4. The van der Waals surface area contributed by atoms with Gasteiger partial charge in [-0.1, -0.05) is 42.8 Å². The molecule has 0 atom stereocenters. The van der Waals surface area contributed by atoms with Gasteiger partial charge in [0.05, 0.1) is 9.92 Å². The molecular formula is C22H28ClN3O3S. The van der Waals surface area contributed by atoms with Gasteiger partial charge >= 0.3 is 0 Å². The largest absolute Gasteiger partial charge is 0.348 e. The smallest absolute Gasteiger partial charge is 0.251 e. The van der Waals surface area contributed by atoms with Gasteiger partial charge in [-0.25, -0.2) is 8.42 Å². The summed E-state index contributed by atoms with van der Waals surface area (Å²) < 4.78 is 23.6. The molecule has 0 bridgehead atoms. The van der Waals surface area contributed by atoms with Crippen molar-refractivity contribution in [1.82, 2.24) is 15.1 Å². The predicted molar refractivity (Wildman–Crippen MR) is 120 cm³/mol. The van der Waals surface area contributed by atoms with Gasteiger partial charge < -0.3 is 10.2 Å². The second kappa shape index (κ2) is 9.92. The van der Waals surface area contributed by atoms with Crippen LogP contribution in [0.25, 0.3) is 0 Å². The average Bonchev–Trinajstić information content (AvgIpc) is 2.73. The van der Waals surface area contributed by atoms with Crippen LogP contribution < -0.4 is 5.32 Å². The van der Waals surface area contributed by atoms with Gasteiger partial charge in [0.25, 0.3) is 5.91 Å². The van der Waals surface area contributed by atoms with Crippen molar-refractivity contribution < 1.29 is 13.2 Å². The molecule has 1 saturated heterocycles. The first kappa shape index (κ1) is 22.7.